The van der Waals surface area contributed by atoms with Gasteiger partial charge in [-0.1, -0.05) is 117 Å². The van der Waals surface area contributed by atoms with E-state index < -0.39 is 8.07 Å². The summed E-state index contributed by atoms with van der Waals surface area (Å²) in [5.41, 5.74) is -0.0742. The quantitative estimate of drug-likeness (QED) is 0.330. The molecule has 3 rings (SSSR count). The molecule has 0 bridgehead atoms. The summed E-state index contributed by atoms with van der Waals surface area (Å²) >= 11 is 7.08. The highest BCUT2D eigenvalue weighted by atomic mass is 35.5. The van der Waals surface area contributed by atoms with E-state index in [1.807, 2.05) is 0 Å². The average Bonchev–Trinajstić information content (AvgIpc) is 2.70. The summed E-state index contributed by atoms with van der Waals surface area (Å²) in [5.74, 6) is 0. The van der Waals surface area contributed by atoms with Crippen LogP contribution in [0.5, 0.6) is 0 Å². The number of allylic oxidation sites excluding steroid dienone is 1. The van der Waals surface area contributed by atoms with Gasteiger partial charge in [-0.2, -0.15) is 0 Å². The fourth-order valence-corrected chi connectivity index (χ4v) is 9.33. The normalized spacial score (nSPS) is 13.2. The zero-order valence-corrected chi connectivity index (χ0v) is 18.1. The molecule has 0 saturated carbocycles. The number of rotatable bonds is 5. The van der Waals surface area contributed by atoms with Crippen molar-refractivity contribution < 1.29 is 0 Å². The number of benzene rings is 3. The summed E-state index contributed by atoms with van der Waals surface area (Å²) in [7, 11) is -2.53. The van der Waals surface area contributed by atoms with E-state index in [9.17, 15) is 0 Å². The molecular formula is C25H27ClSi. The Hall–Kier alpha value is -2.09. The molecule has 0 amide bonds. The lowest BCUT2D eigenvalue weighted by Crippen LogP contribution is -2.70. The van der Waals surface area contributed by atoms with Crippen LogP contribution in [0.15, 0.2) is 103 Å². The molecule has 0 saturated heterocycles. The zero-order chi connectivity index (χ0) is 19.5. The van der Waals surface area contributed by atoms with Gasteiger partial charge in [0.15, 0.2) is 8.07 Å². The Kier molecular flexibility index (Phi) is 5.74. The van der Waals surface area contributed by atoms with Crippen LogP contribution in [0.2, 0.25) is 0 Å². The van der Waals surface area contributed by atoms with Crippen LogP contribution >= 0.6 is 11.6 Å². The molecule has 0 aromatic heterocycles. The van der Waals surface area contributed by atoms with Crippen molar-refractivity contribution in [3.8, 4) is 0 Å². The first-order chi connectivity index (χ1) is 12.9. The van der Waals surface area contributed by atoms with Crippen LogP contribution in [0.1, 0.15) is 20.8 Å². The highest BCUT2D eigenvalue weighted by Crippen LogP contribution is 2.34. The Morgan fingerprint density at radius 2 is 1.00 bits per heavy atom. The van der Waals surface area contributed by atoms with Crippen molar-refractivity contribution in [2.45, 2.75) is 26.1 Å². The van der Waals surface area contributed by atoms with Crippen molar-refractivity contribution in [2.24, 2.45) is 5.41 Å². The molecule has 0 aliphatic heterocycles. The van der Waals surface area contributed by atoms with Crippen molar-refractivity contribution in [1.82, 2.24) is 0 Å². The van der Waals surface area contributed by atoms with E-state index in [0.717, 1.165) is 5.20 Å². The summed E-state index contributed by atoms with van der Waals surface area (Å²) < 4.78 is 0. The Morgan fingerprint density at radius 3 is 1.26 bits per heavy atom. The summed E-state index contributed by atoms with van der Waals surface area (Å²) in [6.45, 7) is 11.2. The second kappa shape index (κ2) is 7.88. The molecule has 0 spiro atoms. The minimum absolute atomic E-state index is 0.0742. The van der Waals surface area contributed by atoms with E-state index in [0.29, 0.717) is 0 Å². The number of hydrogen-bond donors (Lipinski definition) is 0. The zero-order valence-electron chi connectivity index (χ0n) is 16.3. The van der Waals surface area contributed by atoms with Crippen molar-refractivity contribution in [3.05, 3.63) is 103 Å². The predicted octanol–water partition coefficient (Wildman–Crippen LogP) is 4.91. The summed E-state index contributed by atoms with van der Waals surface area (Å²) in [4.78, 5) is 0. The van der Waals surface area contributed by atoms with Crippen LogP contribution in [0.4, 0.5) is 0 Å². The SMILES string of the molecule is C=C(C(Cl)C(C)(C)C)[Si](c1ccccc1)(c1ccccc1)c1ccccc1. The molecule has 0 heterocycles. The first-order valence-electron chi connectivity index (χ1n) is 9.38. The largest absolute Gasteiger partial charge is 0.176 e. The van der Waals surface area contributed by atoms with E-state index >= 15 is 0 Å². The van der Waals surface area contributed by atoms with Gasteiger partial charge in [-0.15, -0.1) is 18.2 Å². The lowest BCUT2D eigenvalue weighted by molar-refractivity contribution is 0.423. The highest BCUT2D eigenvalue weighted by molar-refractivity contribution is 7.16. The van der Waals surface area contributed by atoms with E-state index in [-0.39, 0.29) is 10.8 Å². The van der Waals surface area contributed by atoms with Crippen LogP contribution in [-0.4, -0.2) is 13.5 Å². The fraction of sp³-hybridized carbons (Fsp3) is 0.200. The molecule has 0 fully saturated rings. The third-order valence-corrected chi connectivity index (χ3v) is 11.1. The number of hydrogen-bond acceptors (Lipinski definition) is 0. The van der Waals surface area contributed by atoms with Crippen LogP contribution in [-0.2, 0) is 0 Å². The average molecular weight is 391 g/mol. The molecule has 0 N–H and O–H groups in total. The van der Waals surface area contributed by atoms with E-state index in [1.54, 1.807) is 0 Å². The maximum atomic E-state index is 7.08. The second-order valence-corrected chi connectivity index (χ2v) is 12.4. The molecule has 0 aliphatic carbocycles. The molecule has 2 heteroatoms. The van der Waals surface area contributed by atoms with E-state index in [1.165, 1.54) is 15.6 Å². The van der Waals surface area contributed by atoms with Gasteiger partial charge in [0.05, 0.1) is 5.38 Å². The molecule has 3 aromatic rings. The fourth-order valence-electron chi connectivity index (χ4n) is 3.83. The monoisotopic (exact) mass is 390 g/mol. The van der Waals surface area contributed by atoms with Gasteiger partial charge < -0.3 is 0 Å². The maximum absolute atomic E-state index is 7.08. The van der Waals surface area contributed by atoms with Crippen molar-refractivity contribution >= 4 is 35.2 Å². The summed E-state index contributed by atoms with van der Waals surface area (Å²) in [6, 6.07) is 32.4. The van der Waals surface area contributed by atoms with Gasteiger partial charge in [-0.3, -0.25) is 0 Å². The predicted molar refractivity (Wildman–Crippen MR) is 122 cm³/mol. The minimum Gasteiger partial charge on any atom is -0.118 e. The molecule has 0 aliphatic rings. The topological polar surface area (TPSA) is 0 Å². The molecule has 1 unspecified atom stereocenters. The third-order valence-electron chi connectivity index (χ3n) is 5.17. The summed E-state index contributed by atoms with van der Waals surface area (Å²) in [6.07, 6.45) is 0. The molecular weight excluding hydrogens is 364 g/mol. The minimum atomic E-state index is -2.53. The Labute approximate surface area is 169 Å². The Morgan fingerprint density at radius 1 is 0.704 bits per heavy atom. The van der Waals surface area contributed by atoms with Crippen LogP contribution in [0, 0.1) is 5.41 Å². The highest BCUT2D eigenvalue weighted by Gasteiger charge is 2.46. The standard InChI is InChI=1S/C25H27ClSi/c1-20(24(26)25(2,3)4)27(21-14-8-5-9-15-21,22-16-10-6-11-17-22)23-18-12-7-13-19-23/h5-19,24H,1H2,2-4H3. The van der Waals surface area contributed by atoms with Gasteiger partial charge in [0, 0.05) is 0 Å². The van der Waals surface area contributed by atoms with Crippen molar-refractivity contribution in [2.75, 3.05) is 0 Å². The van der Waals surface area contributed by atoms with Gasteiger partial charge in [0.2, 0.25) is 0 Å². The smallest absolute Gasteiger partial charge is 0.118 e. The lowest BCUT2D eigenvalue weighted by atomic mass is 9.92. The van der Waals surface area contributed by atoms with Crippen LogP contribution < -0.4 is 15.6 Å². The third kappa shape index (κ3) is 3.67. The van der Waals surface area contributed by atoms with Gasteiger partial charge in [-0.05, 0) is 21.0 Å². The van der Waals surface area contributed by atoms with Gasteiger partial charge in [0.1, 0.15) is 0 Å². The Balaban J connectivity index is 2.38. The van der Waals surface area contributed by atoms with E-state index in [4.69, 9.17) is 11.6 Å². The van der Waals surface area contributed by atoms with Crippen LogP contribution in [0.25, 0.3) is 0 Å². The lowest BCUT2D eigenvalue weighted by Gasteiger charge is -2.41. The summed E-state index contributed by atoms with van der Waals surface area (Å²) in [5, 5.41) is 4.97. The second-order valence-electron chi connectivity index (χ2n) is 8.10. The van der Waals surface area contributed by atoms with Gasteiger partial charge in [-0.25, -0.2) is 0 Å². The van der Waals surface area contributed by atoms with Gasteiger partial charge in [0.25, 0.3) is 0 Å². The molecule has 3 aromatic carbocycles. The number of alkyl halides is 1. The maximum Gasteiger partial charge on any atom is 0.176 e. The van der Waals surface area contributed by atoms with Gasteiger partial charge >= 0.3 is 0 Å². The van der Waals surface area contributed by atoms with E-state index in [2.05, 4.69) is 118 Å². The molecule has 138 valence electrons. The molecule has 0 nitrogen and oxygen atoms in total. The number of halogens is 1. The van der Waals surface area contributed by atoms with Crippen molar-refractivity contribution in [3.63, 3.8) is 0 Å². The van der Waals surface area contributed by atoms with Crippen LogP contribution in [0.3, 0.4) is 0 Å². The molecule has 1 atom stereocenters. The molecule has 27 heavy (non-hydrogen) atoms. The molecule has 0 radical (unpaired) electrons. The first-order valence-corrected chi connectivity index (χ1v) is 11.8. The Bertz CT molecular complexity index is 783. The van der Waals surface area contributed by atoms with Crippen molar-refractivity contribution in [1.29, 1.82) is 0 Å². The first kappa shape index (κ1) is 19.7.